The molecule has 1 aromatic heterocycles. The number of anilines is 1. The number of aryl methyl sites for hydroxylation is 1. The molecule has 29 heavy (non-hydrogen) atoms. The number of rotatable bonds is 5. The number of carbonyl (C=O) groups excluding carboxylic acids is 1. The number of hydrogen-bond donors (Lipinski definition) is 1. The molecule has 0 bridgehead atoms. The van der Waals surface area contributed by atoms with Crippen molar-refractivity contribution in [3.05, 3.63) is 41.8 Å². The fraction of sp³-hybridized carbons (Fsp3) is 0.565. The van der Waals surface area contributed by atoms with Gasteiger partial charge in [0.2, 0.25) is 5.91 Å². The lowest BCUT2D eigenvalue weighted by Crippen LogP contribution is -2.44. The average molecular weight is 399 g/mol. The minimum Gasteiger partial charge on any atom is -0.491 e. The molecule has 2 heterocycles. The molecule has 1 aromatic carbocycles. The SMILES string of the molecule is Cc1cc(C[C@]2(O)CC[C@]3(CCN(c4ccc(OC(C)C)cc4)C3=O)CC2)no1. The van der Waals surface area contributed by atoms with Crippen molar-refractivity contribution in [1.82, 2.24) is 5.16 Å². The van der Waals surface area contributed by atoms with E-state index in [1.54, 1.807) is 0 Å². The largest absolute Gasteiger partial charge is 0.491 e. The van der Waals surface area contributed by atoms with Crippen LogP contribution in [0, 0.1) is 12.3 Å². The molecule has 2 aliphatic rings. The number of aromatic nitrogens is 1. The maximum absolute atomic E-state index is 13.3. The molecule has 1 N–H and O–H groups in total. The highest BCUT2D eigenvalue weighted by Gasteiger charge is 2.51. The van der Waals surface area contributed by atoms with Crippen LogP contribution < -0.4 is 9.64 Å². The number of carbonyl (C=O) groups is 1. The molecule has 156 valence electrons. The minimum atomic E-state index is -0.807. The van der Waals surface area contributed by atoms with E-state index in [9.17, 15) is 9.90 Å². The van der Waals surface area contributed by atoms with Crippen molar-refractivity contribution in [3.8, 4) is 5.75 Å². The molecule has 1 spiro atoms. The van der Waals surface area contributed by atoms with Gasteiger partial charge in [0.05, 0.1) is 22.8 Å². The highest BCUT2D eigenvalue weighted by atomic mass is 16.5. The summed E-state index contributed by atoms with van der Waals surface area (Å²) < 4.78 is 10.8. The van der Waals surface area contributed by atoms with Gasteiger partial charge in [-0.25, -0.2) is 0 Å². The van der Waals surface area contributed by atoms with Gasteiger partial charge in [0.15, 0.2) is 0 Å². The van der Waals surface area contributed by atoms with Gasteiger partial charge in [-0.15, -0.1) is 0 Å². The van der Waals surface area contributed by atoms with Gasteiger partial charge in [-0.05, 0) is 77.1 Å². The van der Waals surface area contributed by atoms with Crippen molar-refractivity contribution in [2.75, 3.05) is 11.4 Å². The van der Waals surface area contributed by atoms with E-state index in [0.717, 1.165) is 35.9 Å². The topological polar surface area (TPSA) is 75.8 Å². The van der Waals surface area contributed by atoms with E-state index in [1.165, 1.54) is 0 Å². The lowest BCUT2D eigenvalue weighted by atomic mass is 9.66. The highest BCUT2D eigenvalue weighted by Crippen LogP contribution is 2.49. The van der Waals surface area contributed by atoms with Gasteiger partial charge in [-0.1, -0.05) is 5.16 Å². The van der Waals surface area contributed by atoms with Crippen molar-refractivity contribution < 1.29 is 19.2 Å². The summed E-state index contributed by atoms with van der Waals surface area (Å²) in [6.07, 6.45) is 4.10. The molecule has 2 aromatic rings. The third kappa shape index (κ3) is 4.04. The van der Waals surface area contributed by atoms with Crippen LogP contribution in [0.15, 0.2) is 34.9 Å². The Balaban J connectivity index is 1.41. The van der Waals surface area contributed by atoms with Gasteiger partial charge >= 0.3 is 0 Å². The summed E-state index contributed by atoms with van der Waals surface area (Å²) in [7, 11) is 0. The zero-order chi connectivity index (χ0) is 20.6. The average Bonchev–Trinajstić information content (AvgIpc) is 3.22. The van der Waals surface area contributed by atoms with Crippen molar-refractivity contribution in [3.63, 3.8) is 0 Å². The van der Waals surface area contributed by atoms with E-state index < -0.39 is 5.60 Å². The zero-order valence-corrected chi connectivity index (χ0v) is 17.5. The summed E-state index contributed by atoms with van der Waals surface area (Å²) in [4.78, 5) is 15.2. The molecule has 6 nitrogen and oxygen atoms in total. The molecule has 1 amide bonds. The van der Waals surface area contributed by atoms with E-state index in [1.807, 2.05) is 56.0 Å². The predicted molar refractivity (Wildman–Crippen MR) is 110 cm³/mol. The second-order valence-electron chi connectivity index (χ2n) is 8.98. The van der Waals surface area contributed by atoms with Gasteiger partial charge in [-0.2, -0.15) is 0 Å². The van der Waals surface area contributed by atoms with E-state index in [0.29, 0.717) is 32.1 Å². The first-order chi connectivity index (χ1) is 13.8. The number of aliphatic hydroxyl groups is 1. The van der Waals surface area contributed by atoms with Gasteiger partial charge < -0.3 is 19.3 Å². The molecule has 0 unspecified atom stereocenters. The predicted octanol–water partition coefficient (Wildman–Crippen LogP) is 4.04. The van der Waals surface area contributed by atoms with Gasteiger partial charge in [0, 0.05) is 24.7 Å². The second kappa shape index (κ2) is 7.48. The number of hydrogen-bond acceptors (Lipinski definition) is 5. The standard InChI is InChI=1S/C23H30N2O4/c1-16(2)28-20-6-4-19(5-7-20)25-13-12-22(21(25)26)8-10-23(27,11-9-22)15-18-14-17(3)29-24-18/h4-7,14,16,27H,8-13,15H2,1-3H3/t22-,23+. The normalized spacial score (nSPS) is 27.2. The van der Waals surface area contributed by atoms with Crippen molar-refractivity contribution >= 4 is 11.6 Å². The Morgan fingerprint density at radius 1 is 1.17 bits per heavy atom. The van der Waals surface area contributed by atoms with Gasteiger partial charge in [-0.3, -0.25) is 4.79 Å². The van der Waals surface area contributed by atoms with Crippen LogP contribution in [0.25, 0.3) is 0 Å². The van der Waals surface area contributed by atoms with Gasteiger partial charge in [0.1, 0.15) is 11.5 Å². The summed E-state index contributed by atoms with van der Waals surface area (Å²) in [6.45, 7) is 6.57. The number of nitrogens with zero attached hydrogens (tertiary/aromatic N) is 2. The molecule has 6 heteroatoms. The lowest BCUT2D eigenvalue weighted by molar-refractivity contribution is -0.130. The van der Waals surface area contributed by atoms with Crippen LogP contribution in [0.5, 0.6) is 5.75 Å². The van der Waals surface area contributed by atoms with E-state index in [-0.39, 0.29) is 17.4 Å². The Hall–Kier alpha value is -2.34. The van der Waals surface area contributed by atoms with E-state index in [4.69, 9.17) is 9.26 Å². The quantitative estimate of drug-likeness (QED) is 0.823. The molecular weight excluding hydrogens is 368 g/mol. The third-order valence-corrected chi connectivity index (χ3v) is 6.36. The second-order valence-corrected chi connectivity index (χ2v) is 8.98. The van der Waals surface area contributed by atoms with Crippen LogP contribution in [0.3, 0.4) is 0 Å². The van der Waals surface area contributed by atoms with Crippen LogP contribution in [0.1, 0.15) is 57.4 Å². The van der Waals surface area contributed by atoms with Gasteiger partial charge in [0.25, 0.3) is 0 Å². The Bertz CT molecular complexity index is 863. The Labute approximate surface area is 171 Å². The monoisotopic (exact) mass is 398 g/mol. The number of amides is 1. The van der Waals surface area contributed by atoms with E-state index >= 15 is 0 Å². The lowest BCUT2D eigenvalue weighted by Gasteiger charge is -2.40. The Morgan fingerprint density at radius 2 is 1.86 bits per heavy atom. The molecule has 0 radical (unpaired) electrons. The van der Waals surface area contributed by atoms with Crippen LogP contribution in [0.4, 0.5) is 5.69 Å². The van der Waals surface area contributed by atoms with Crippen molar-refractivity contribution in [2.45, 2.75) is 71.0 Å². The summed E-state index contributed by atoms with van der Waals surface area (Å²) in [5.41, 5.74) is 0.544. The Kier molecular flexibility index (Phi) is 5.15. The highest BCUT2D eigenvalue weighted by molar-refractivity contribution is 6.00. The molecule has 0 atom stereocenters. The zero-order valence-electron chi connectivity index (χ0n) is 17.5. The van der Waals surface area contributed by atoms with Crippen LogP contribution in [-0.4, -0.2) is 34.4 Å². The van der Waals surface area contributed by atoms with Crippen LogP contribution in [0.2, 0.25) is 0 Å². The molecule has 1 aliphatic heterocycles. The number of benzene rings is 1. The Morgan fingerprint density at radius 3 is 2.45 bits per heavy atom. The fourth-order valence-electron chi connectivity index (χ4n) is 4.72. The first-order valence-electron chi connectivity index (χ1n) is 10.5. The third-order valence-electron chi connectivity index (χ3n) is 6.36. The molecule has 1 aliphatic carbocycles. The van der Waals surface area contributed by atoms with E-state index in [2.05, 4.69) is 5.16 Å². The summed E-state index contributed by atoms with van der Waals surface area (Å²) in [6, 6.07) is 9.64. The van der Waals surface area contributed by atoms with Crippen LogP contribution >= 0.6 is 0 Å². The molecular formula is C23H30N2O4. The fourth-order valence-corrected chi connectivity index (χ4v) is 4.72. The smallest absolute Gasteiger partial charge is 0.233 e. The molecule has 4 rings (SSSR count). The van der Waals surface area contributed by atoms with Crippen molar-refractivity contribution in [2.24, 2.45) is 5.41 Å². The molecule has 2 fully saturated rings. The van der Waals surface area contributed by atoms with Crippen molar-refractivity contribution in [1.29, 1.82) is 0 Å². The summed E-state index contributed by atoms with van der Waals surface area (Å²) in [5.74, 6) is 1.76. The summed E-state index contributed by atoms with van der Waals surface area (Å²) >= 11 is 0. The maximum atomic E-state index is 13.3. The first kappa shape index (κ1) is 20.0. The summed E-state index contributed by atoms with van der Waals surface area (Å²) in [5, 5.41) is 15.0. The minimum absolute atomic E-state index is 0.125. The number of ether oxygens (including phenoxy) is 1. The molecule has 1 saturated carbocycles. The molecule has 1 saturated heterocycles. The van der Waals surface area contributed by atoms with Crippen LogP contribution in [-0.2, 0) is 11.2 Å². The maximum Gasteiger partial charge on any atom is 0.233 e. The first-order valence-corrected chi connectivity index (χ1v) is 10.5.